The zero-order valence-corrected chi connectivity index (χ0v) is 20.0. The smallest absolute Gasteiger partial charge is 0.270 e. The van der Waals surface area contributed by atoms with Crippen LogP contribution in [-0.4, -0.2) is 39.7 Å². The summed E-state index contributed by atoms with van der Waals surface area (Å²) < 4.78 is 7.08. The first-order valence-electron chi connectivity index (χ1n) is 11.2. The van der Waals surface area contributed by atoms with Crippen LogP contribution in [0.15, 0.2) is 77.4 Å². The van der Waals surface area contributed by atoms with E-state index in [-0.39, 0.29) is 11.9 Å². The fourth-order valence-electron chi connectivity index (χ4n) is 4.24. The Balaban J connectivity index is 1.31. The van der Waals surface area contributed by atoms with Crippen molar-refractivity contribution in [3.05, 3.63) is 94.3 Å². The molecule has 0 saturated carbocycles. The number of carbonyl (C=O) groups is 1. The molecule has 6 nitrogen and oxygen atoms in total. The topological polar surface area (TPSA) is 63.3 Å². The number of benzene rings is 2. The molecule has 0 spiro atoms. The molecule has 174 valence electrons. The summed E-state index contributed by atoms with van der Waals surface area (Å²) in [6.07, 6.45) is 3.37. The van der Waals surface area contributed by atoms with Crippen molar-refractivity contribution >= 4 is 29.1 Å². The number of nitrogens with one attached hydrogen (secondary N) is 1. The SMILES string of the molecule is O=C(NC1CCN(Cc2ccccc2)CC1)c1cc(-c2ccco2)nn1-c1ccc(Cl)c(Cl)c1. The minimum absolute atomic E-state index is 0.101. The van der Waals surface area contributed by atoms with Crippen LogP contribution in [0.3, 0.4) is 0 Å². The minimum Gasteiger partial charge on any atom is -0.463 e. The molecule has 0 bridgehead atoms. The van der Waals surface area contributed by atoms with Gasteiger partial charge in [-0.2, -0.15) is 5.10 Å². The highest BCUT2D eigenvalue weighted by Gasteiger charge is 2.24. The van der Waals surface area contributed by atoms with Crippen molar-refractivity contribution in [1.29, 1.82) is 0 Å². The summed E-state index contributed by atoms with van der Waals surface area (Å²) in [5.41, 5.74) is 2.94. The Bertz CT molecular complexity index is 1260. The summed E-state index contributed by atoms with van der Waals surface area (Å²) in [7, 11) is 0. The average Bonchev–Trinajstić information content (AvgIpc) is 3.53. The molecule has 0 unspecified atom stereocenters. The van der Waals surface area contributed by atoms with Crippen LogP contribution in [0.5, 0.6) is 0 Å². The minimum atomic E-state index is -0.183. The number of amides is 1. The number of likely N-dealkylation sites (tertiary alicyclic amines) is 1. The molecule has 2 aromatic carbocycles. The standard InChI is InChI=1S/C26H24Cl2N4O2/c27-21-9-8-20(15-22(21)28)32-24(16-23(30-32)25-7-4-14-34-25)26(33)29-19-10-12-31(13-11-19)17-18-5-2-1-3-6-18/h1-9,14-16,19H,10-13,17H2,(H,29,33). The van der Waals surface area contributed by atoms with E-state index in [0.717, 1.165) is 32.5 Å². The lowest BCUT2D eigenvalue weighted by Gasteiger charge is -2.32. The highest BCUT2D eigenvalue weighted by Crippen LogP contribution is 2.27. The van der Waals surface area contributed by atoms with Gasteiger partial charge in [0, 0.05) is 31.7 Å². The maximum atomic E-state index is 13.3. The molecule has 0 aliphatic carbocycles. The zero-order chi connectivity index (χ0) is 23.5. The second-order valence-electron chi connectivity index (χ2n) is 8.41. The maximum absolute atomic E-state index is 13.3. The first-order valence-corrected chi connectivity index (χ1v) is 12.0. The molecule has 34 heavy (non-hydrogen) atoms. The molecule has 5 rings (SSSR count). The van der Waals surface area contributed by atoms with E-state index in [1.54, 1.807) is 41.3 Å². The Kier molecular flexibility index (Phi) is 6.72. The van der Waals surface area contributed by atoms with Crippen LogP contribution in [-0.2, 0) is 6.54 Å². The van der Waals surface area contributed by atoms with Gasteiger partial charge in [-0.25, -0.2) is 4.68 Å². The van der Waals surface area contributed by atoms with E-state index >= 15 is 0 Å². The summed E-state index contributed by atoms with van der Waals surface area (Å²) in [6.45, 7) is 2.80. The third-order valence-electron chi connectivity index (χ3n) is 6.04. The number of rotatable bonds is 6. The number of nitrogens with zero attached hydrogens (tertiary/aromatic N) is 3. The molecule has 2 aromatic heterocycles. The predicted octanol–water partition coefficient (Wildman–Crippen LogP) is 5.83. The molecule has 1 amide bonds. The molecule has 0 radical (unpaired) electrons. The van der Waals surface area contributed by atoms with Crippen LogP contribution in [0.1, 0.15) is 28.9 Å². The number of piperidine rings is 1. The molecule has 1 aliphatic rings. The van der Waals surface area contributed by atoms with E-state index < -0.39 is 0 Å². The average molecular weight is 495 g/mol. The summed E-state index contributed by atoms with van der Waals surface area (Å²) in [4.78, 5) is 15.8. The van der Waals surface area contributed by atoms with E-state index in [1.165, 1.54) is 5.56 Å². The molecule has 1 fully saturated rings. The maximum Gasteiger partial charge on any atom is 0.270 e. The predicted molar refractivity (Wildman–Crippen MR) is 133 cm³/mol. The van der Waals surface area contributed by atoms with E-state index in [1.807, 2.05) is 12.1 Å². The second-order valence-corrected chi connectivity index (χ2v) is 9.23. The van der Waals surface area contributed by atoms with Crippen LogP contribution in [0, 0.1) is 0 Å². The lowest BCUT2D eigenvalue weighted by atomic mass is 10.0. The summed E-state index contributed by atoms with van der Waals surface area (Å²) in [5.74, 6) is 0.403. The van der Waals surface area contributed by atoms with Crippen LogP contribution in [0.4, 0.5) is 0 Å². The van der Waals surface area contributed by atoms with Crippen LogP contribution in [0.25, 0.3) is 17.1 Å². The van der Waals surface area contributed by atoms with Gasteiger partial charge in [0.15, 0.2) is 5.76 Å². The van der Waals surface area contributed by atoms with Crippen LogP contribution < -0.4 is 5.32 Å². The van der Waals surface area contributed by atoms with Crippen molar-refractivity contribution in [3.8, 4) is 17.1 Å². The van der Waals surface area contributed by atoms with Crippen molar-refractivity contribution < 1.29 is 9.21 Å². The number of halogens is 2. The third kappa shape index (κ3) is 5.04. The molecule has 1 saturated heterocycles. The van der Waals surface area contributed by atoms with Gasteiger partial charge in [0.05, 0.1) is 22.0 Å². The van der Waals surface area contributed by atoms with Crippen molar-refractivity contribution in [3.63, 3.8) is 0 Å². The first-order chi connectivity index (χ1) is 16.6. The van der Waals surface area contributed by atoms with Crippen LogP contribution >= 0.6 is 23.2 Å². The normalized spacial score (nSPS) is 14.9. The quantitative estimate of drug-likeness (QED) is 0.366. The van der Waals surface area contributed by atoms with Gasteiger partial charge in [-0.1, -0.05) is 53.5 Å². The third-order valence-corrected chi connectivity index (χ3v) is 6.77. The molecule has 4 aromatic rings. The lowest BCUT2D eigenvalue weighted by molar-refractivity contribution is 0.0901. The fraction of sp³-hybridized carbons (Fsp3) is 0.231. The van der Waals surface area contributed by atoms with Gasteiger partial charge in [0.2, 0.25) is 0 Å². The number of hydrogen-bond donors (Lipinski definition) is 1. The molecular weight excluding hydrogens is 471 g/mol. The van der Waals surface area contributed by atoms with E-state index in [9.17, 15) is 4.79 Å². The molecule has 1 N–H and O–H groups in total. The molecule has 3 heterocycles. The Morgan fingerprint density at radius 1 is 1.00 bits per heavy atom. The second kappa shape index (κ2) is 10.1. The Labute approximate surface area is 208 Å². The van der Waals surface area contributed by atoms with Gasteiger partial charge in [-0.15, -0.1) is 0 Å². The molecule has 0 atom stereocenters. The van der Waals surface area contributed by atoms with Gasteiger partial charge in [0.25, 0.3) is 5.91 Å². The Hall–Kier alpha value is -3.06. The largest absolute Gasteiger partial charge is 0.463 e. The highest BCUT2D eigenvalue weighted by molar-refractivity contribution is 6.42. The lowest BCUT2D eigenvalue weighted by Crippen LogP contribution is -2.44. The number of hydrogen-bond acceptors (Lipinski definition) is 4. The number of furan rings is 1. The zero-order valence-electron chi connectivity index (χ0n) is 18.5. The van der Waals surface area contributed by atoms with Crippen molar-refractivity contribution in [2.45, 2.75) is 25.4 Å². The summed E-state index contributed by atoms with van der Waals surface area (Å²) in [5, 5.41) is 8.65. The van der Waals surface area contributed by atoms with Crippen molar-refractivity contribution in [2.75, 3.05) is 13.1 Å². The summed E-state index contributed by atoms with van der Waals surface area (Å²) in [6, 6.07) is 21.1. The van der Waals surface area contributed by atoms with E-state index in [2.05, 4.69) is 39.6 Å². The molecular formula is C26H24Cl2N4O2. The van der Waals surface area contributed by atoms with E-state index in [4.69, 9.17) is 27.6 Å². The van der Waals surface area contributed by atoms with E-state index in [0.29, 0.717) is 32.9 Å². The van der Waals surface area contributed by atoms with Gasteiger partial charge in [0.1, 0.15) is 11.4 Å². The monoisotopic (exact) mass is 494 g/mol. The molecule has 8 heteroatoms. The fourth-order valence-corrected chi connectivity index (χ4v) is 4.53. The number of aromatic nitrogens is 2. The van der Waals surface area contributed by atoms with Gasteiger partial charge >= 0.3 is 0 Å². The number of carbonyl (C=O) groups excluding carboxylic acids is 1. The Morgan fingerprint density at radius 2 is 1.79 bits per heavy atom. The highest BCUT2D eigenvalue weighted by atomic mass is 35.5. The Morgan fingerprint density at radius 3 is 2.50 bits per heavy atom. The van der Waals surface area contributed by atoms with Crippen LogP contribution in [0.2, 0.25) is 10.0 Å². The van der Waals surface area contributed by atoms with Gasteiger partial charge < -0.3 is 9.73 Å². The molecule has 1 aliphatic heterocycles. The van der Waals surface area contributed by atoms with Crippen molar-refractivity contribution in [2.24, 2.45) is 0 Å². The van der Waals surface area contributed by atoms with Gasteiger partial charge in [-0.05, 0) is 48.7 Å². The van der Waals surface area contributed by atoms with Gasteiger partial charge in [-0.3, -0.25) is 9.69 Å². The summed E-state index contributed by atoms with van der Waals surface area (Å²) >= 11 is 12.3. The first kappa shape index (κ1) is 22.7. The van der Waals surface area contributed by atoms with Crippen molar-refractivity contribution in [1.82, 2.24) is 20.0 Å².